The second-order valence-electron chi connectivity index (χ2n) is 3.52. The molecule has 8 heteroatoms. The van der Waals surface area contributed by atoms with Gasteiger partial charge in [-0.05, 0) is 34.3 Å². The standard InChI is InChI=1S/C10H8N6OS/c1-15-9-11-8(12-10(17)16(9)14-13-15)18-7-5-3-2-4-6-7/h2-6H,1H3. The molecule has 1 aromatic carbocycles. The van der Waals surface area contributed by atoms with Crippen molar-refractivity contribution in [3.63, 3.8) is 0 Å². The lowest BCUT2D eigenvalue weighted by Gasteiger charge is -1.99. The van der Waals surface area contributed by atoms with Gasteiger partial charge >= 0.3 is 5.69 Å². The molecule has 0 fully saturated rings. The van der Waals surface area contributed by atoms with Crippen molar-refractivity contribution in [2.24, 2.45) is 7.05 Å². The van der Waals surface area contributed by atoms with E-state index in [-0.39, 0.29) is 0 Å². The summed E-state index contributed by atoms with van der Waals surface area (Å²) in [6.07, 6.45) is 0. The van der Waals surface area contributed by atoms with Crippen molar-refractivity contribution in [1.29, 1.82) is 0 Å². The van der Waals surface area contributed by atoms with Gasteiger partial charge in [-0.3, -0.25) is 0 Å². The molecule has 0 aliphatic heterocycles. The molecular formula is C10H8N6OS. The van der Waals surface area contributed by atoms with Crippen molar-refractivity contribution in [2.45, 2.75) is 10.1 Å². The van der Waals surface area contributed by atoms with Crippen molar-refractivity contribution >= 4 is 17.5 Å². The number of benzene rings is 1. The molecule has 0 unspecified atom stereocenters. The second kappa shape index (κ2) is 4.22. The summed E-state index contributed by atoms with van der Waals surface area (Å²) in [4.78, 5) is 20.8. The van der Waals surface area contributed by atoms with E-state index < -0.39 is 5.69 Å². The van der Waals surface area contributed by atoms with E-state index in [0.717, 1.165) is 9.41 Å². The number of fused-ring (bicyclic) bond motifs is 1. The highest BCUT2D eigenvalue weighted by Crippen LogP contribution is 2.22. The van der Waals surface area contributed by atoms with Gasteiger partial charge in [0.25, 0.3) is 5.78 Å². The second-order valence-corrected chi connectivity index (χ2v) is 4.56. The summed E-state index contributed by atoms with van der Waals surface area (Å²) in [5, 5.41) is 7.76. The zero-order chi connectivity index (χ0) is 12.5. The number of nitrogens with zero attached hydrogens (tertiary/aromatic N) is 6. The van der Waals surface area contributed by atoms with Crippen LogP contribution in [0.2, 0.25) is 0 Å². The summed E-state index contributed by atoms with van der Waals surface area (Å²) in [6, 6.07) is 9.61. The molecule has 0 N–H and O–H groups in total. The summed E-state index contributed by atoms with van der Waals surface area (Å²) in [5.74, 6) is 0.369. The Bertz CT molecular complexity index is 750. The van der Waals surface area contributed by atoms with E-state index in [1.165, 1.54) is 16.4 Å². The zero-order valence-corrected chi connectivity index (χ0v) is 10.2. The number of aromatic nitrogens is 6. The summed E-state index contributed by atoms with van der Waals surface area (Å²) in [6.45, 7) is 0. The minimum absolute atomic E-state index is 0.369. The number of rotatable bonds is 2. The van der Waals surface area contributed by atoms with Crippen LogP contribution < -0.4 is 5.69 Å². The fourth-order valence-electron chi connectivity index (χ4n) is 1.44. The van der Waals surface area contributed by atoms with Crippen LogP contribution in [0.3, 0.4) is 0 Å². The molecule has 0 atom stereocenters. The molecular weight excluding hydrogens is 252 g/mol. The van der Waals surface area contributed by atoms with Gasteiger partial charge in [0, 0.05) is 11.9 Å². The third-order valence-corrected chi connectivity index (χ3v) is 3.14. The SMILES string of the molecule is Cn1nnn2c(=O)nc(Sc3ccccc3)nc12. The van der Waals surface area contributed by atoms with Crippen LogP contribution in [0.1, 0.15) is 0 Å². The highest BCUT2D eigenvalue weighted by Gasteiger charge is 2.09. The summed E-state index contributed by atoms with van der Waals surface area (Å²) >= 11 is 1.32. The Morgan fingerprint density at radius 3 is 2.67 bits per heavy atom. The molecule has 18 heavy (non-hydrogen) atoms. The molecule has 0 aliphatic carbocycles. The Hall–Kier alpha value is -2.22. The van der Waals surface area contributed by atoms with Crippen LogP contribution in [0.4, 0.5) is 0 Å². The Morgan fingerprint density at radius 1 is 1.11 bits per heavy atom. The van der Waals surface area contributed by atoms with Gasteiger partial charge in [-0.15, -0.1) is 4.52 Å². The molecule has 0 aliphatic rings. The first-order valence-corrected chi connectivity index (χ1v) is 5.95. The first-order valence-electron chi connectivity index (χ1n) is 5.14. The number of tetrazole rings is 1. The maximum atomic E-state index is 11.7. The molecule has 0 saturated heterocycles. The summed E-state index contributed by atoms with van der Waals surface area (Å²) in [7, 11) is 1.67. The quantitative estimate of drug-likeness (QED) is 0.662. The van der Waals surface area contributed by atoms with Crippen LogP contribution in [0.25, 0.3) is 5.78 Å². The fourth-order valence-corrected chi connectivity index (χ4v) is 2.19. The lowest BCUT2D eigenvalue weighted by molar-refractivity contribution is 0.705. The molecule has 0 radical (unpaired) electrons. The Balaban J connectivity index is 2.08. The Morgan fingerprint density at radius 2 is 1.89 bits per heavy atom. The van der Waals surface area contributed by atoms with Gasteiger partial charge in [0.2, 0.25) is 5.16 Å². The molecule has 7 nitrogen and oxygen atoms in total. The molecule has 90 valence electrons. The summed E-state index contributed by atoms with van der Waals surface area (Å²) in [5.41, 5.74) is -0.480. The van der Waals surface area contributed by atoms with Gasteiger partial charge in [-0.25, -0.2) is 9.48 Å². The largest absolute Gasteiger partial charge is 0.375 e. The fraction of sp³-hybridized carbons (Fsp3) is 0.100. The predicted octanol–water partition coefficient (Wildman–Crippen LogP) is 0.369. The van der Waals surface area contributed by atoms with Crippen molar-refractivity contribution in [3.8, 4) is 0 Å². The van der Waals surface area contributed by atoms with E-state index in [1.54, 1.807) is 7.05 Å². The van der Waals surface area contributed by atoms with E-state index in [1.807, 2.05) is 30.3 Å². The molecule has 2 heterocycles. The van der Waals surface area contributed by atoms with Crippen LogP contribution >= 0.6 is 11.8 Å². The third kappa shape index (κ3) is 1.86. The normalized spacial score (nSPS) is 10.9. The average molecular weight is 260 g/mol. The smallest absolute Gasteiger partial charge is 0.243 e. The minimum atomic E-state index is -0.480. The average Bonchev–Trinajstić information content (AvgIpc) is 2.73. The molecule has 3 aromatic rings. The lowest BCUT2D eigenvalue weighted by atomic mass is 10.4. The highest BCUT2D eigenvalue weighted by molar-refractivity contribution is 7.99. The summed E-state index contributed by atoms with van der Waals surface area (Å²) < 4.78 is 2.49. The van der Waals surface area contributed by atoms with Gasteiger partial charge in [0.1, 0.15) is 0 Å². The van der Waals surface area contributed by atoms with Crippen LogP contribution in [-0.4, -0.2) is 29.6 Å². The monoisotopic (exact) mass is 260 g/mol. The van der Waals surface area contributed by atoms with Gasteiger partial charge in [-0.1, -0.05) is 18.2 Å². The van der Waals surface area contributed by atoms with Crippen LogP contribution in [0.5, 0.6) is 0 Å². The molecule has 0 bridgehead atoms. The first-order chi connectivity index (χ1) is 8.74. The highest BCUT2D eigenvalue weighted by atomic mass is 32.2. The maximum Gasteiger partial charge on any atom is 0.375 e. The third-order valence-electron chi connectivity index (χ3n) is 2.26. The van der Waals surface area contributed by atoms with Gasteiger partial charge in [0.05, 0.1) is 0 Å². The van der Waals surface area contributed by atoms with Gasteiger partial charge < -0.3 is 0 Å². The molecule has 3 rings (SSSR count). The van der Waals surface area contributed by atoms with Crippen LogP contribution in [-0.2, 0) is 7.05 Å². The van der Waals surface area contributed by atoms with E-state index >= 15 is 0 Å². The van der Waals surface area contributed by atoms with Crippen molar-refractivity contribution in [3.05, 3.63) is 40.8 Å². The maximum absolute atomic E-state index is 11.7. The van der Waals surface area contributed by atoms with E-state index in [9.17, 15) is 4.79 Å². The van der Waals surface area contributed by atoms with E-state index in [2.05, 4.69) is 20.4 Å². The Kier molecular flexibility index (Phi) is 2.56. The number of hydrogen-bond acceptors (Lipinski definition) is 6. The number of hydrogen-bond donors (Lipinski definition) is 0. The molecule has 0 amide bonds. The molecule has 2 aromatic heterocycles. The number of aryl methyl sites for hydroxylation is 1. The molecule has 0 saturated carbocycles. The van der Waals surface area contributed by atoms with E-state index in [0.29, 0.717) is 10.9 Å². The van der Waals surface area contributed by atoms with Gasteiger partial charge in [0.15, 0.2) is 0 Å². The topological polar surface area (TPSA) is 78.0 Å². The van der Waals surface area contributed by atoms with Crippen molar-refractivity contribution < 1.29 is 0 Å². The van der Waals surface area contributed by atoms with Crippen LogP contribution in [0.15, 0.2) is 45.2 Å². The van der Waals surface area contributed by atoms with Gasteiger partial charge in [-0.2, -0.15) is 9.97 Å². The van der Waals surface area contributed by atoms with E-state index in [4.69, 9.17) is 0 Å². The Labute approximate surface area is 105 Å². The molecule has 0 spiro atoms. The predicted molar refractivity (Wildman–Crippen MR) is 64.4 cm³/mol. The first kappa shape index (κ1) is 10.9. The minimum Gasteiger partial charge on any atom is -0.243 e. The lowest BCUT2D eigenvalue weighted by Crippen LogP contribution is -2.19. The zero-order valence-electron chi connectivity index (χ0n) is 9.39. The van der Waals surface area contributed by atoms with Crippen molar-refractivity contribution in [1.82, 2.24) is 29.6 Å². The van der Waals surface area contributed by atoms with Crippen molar-refractivity contribution in [2.75, 3.05) is 0 Å². The van der Waals surface area contributed by atoms with Crippen LogP contribution in [0, 0.1) is 0 Å².